The van der Waals surface area contributed by atoms with Crippen LogP contribution in [0.3, 0.4) is 0 Å². The van der Waals surface area contributed by atoms with Gasteiger partial charge in [-0.15, -0.1) is 0 Å². The number of nitrogens with one attached hydrogen (secondary N) is 1. The van der Waals surface area contributed by atoms with Crippen LogP contribution in [-0.4, -0.2) is 35.8 Å². The molecule has 1 N–H and O–H groups in total. The van der Waals surface area contributed by atoms with E-state index in [1.54, 1.807) is 24.0 Å². The smallest absolute Gasteiger partial charge is 0.256 e. The van der Waals surface area contributed by atoms with E-state index >= 15 is 0 Å². The van der Waals surface area contributed by atoms with Gasteiger partial charge in [0.2, 0.25) is 5.91 Å². The van der Waals surface area contributed by atoms with Gasteiger partial charge in [0.1, 0.15) is 5.82 Å². The first-order chi connectivity index (χ1) is 9.49. The zero-order valence-corrected chi connectivity index (χ0v) is 11.8. The van der Waals surface area contributed by atoms with Crippen molar-refractivity contribution < 1.29 is 14.0 Å². The van der Waals surface area contributed by atoms with Crippen molar-refractivity contribution in [1.82, 2.24) is 10.2 Å². The molecule has 0 aliphatic carbocycles. The van der Waals surface area contributed by atoms with Crippen LogP contribution >= 0.6 is 0 Å². The molecule has 0 bridgehead atoms. The van der Waals surface area contributed by atoms with Gasteiger partial charge in [-0.2, -0.15) is 0 Å². The maximum Gasteiger partial charge on any atom is 0.256 e. The van der Waals surface area contributed by atoms with Crippen molar-refractivity contribution in [3.8, 4) is 0 Å². The first-order valence-corrected chi connectivity index (χ1v) is 6.80. The van der Waals surface area contributed by atoms with Gasteiger partial charge in [-0.1, -0.05) is 12.1 Å². The normalized spacial score (nSPS) is 18.8. The first-order valence-electron chi connectivity index (χ1n) is 6.80. The van der Waals surface area contributed by atoms with Crippen molar-refractivity contribution in [2.24, 2.45) is 0 Å². The van der Waals surface area contributed by atoms with E-state index in [0.29, 0.717) is 18.7 Å². The van der Waals surface area contributed by atoms with E-state index in [0.717, 1.165) is 12.8 Å². The van der Waals surface area contributed by atoms with Crippen LogP contribution in [0.4, 0.5) is 4.39 Å². The second-order valence-electron chi connectivity index (χ2n) is 5.23. The summed E-state index contributed by atoms with van der Waals surface area (Å²) in [4.78, 5) is 25.1. The second kappa shape index (κ2) is 6.03. The molecule has 0 aromatic heterocycles. The molecule has 4 nitrogen and oxygen atoms in total. The SMILES string of the molecule is CC(=O)NC1CCCN(C(=O)c2cccc(C)c2F)C1. The molecule has 0 spiro atoms. The molecule has 1 aromatic carbocycles. The van der Waals surface area contributed by atoms with E-state index < -0.39 is 5.82 Å². The lowest BCUT2D eigenvalue weighted by Gasteiger charge is -2.33. The summed E-state index contributed by atoms with van der Waals surface area (Å²) < 4.78 is 14.0. The third kappa shape index (κ3) is 3.15. The minimum Gasteiger partial charge on any atom is -0.352 e. The van der Waals surface area contributed by atoms with E-state index in [1.165, 1.54) is 13.0 Å². The lowest BCUT2D eigenvalue weighted by Crippen LogP contribution is -2.49. The van der Waals surface area contributed by atoms with Crippen LogP contribution in [0.15, 0.2) is 18.2 Å². The average Bonchev–Trinajstić information content (AvgIpc) is 2.41. The number of hydrogen-bond donors (Lipinski definition) is 1. The standard InChI is InChI=1S/C15H19FN2O2/c1-10-5-3-7-13(14(10)16)15(20)18-8-4-6-12(9-18)17-11(2)19/h3,5,7,12H,4,6,8-9H2,1-2H3,(H,17,19). The van der Waals surface area contributed by atoms with Crippen LogP contribution in [0.2, 0.25) is 0 Å². The van der Waals surface area contributed by atoms with Crippen LogP contribution in [0.5, 0.6) is 0 Å². The number of nitrogens with zero attached hydrogens (tertiary/aromatic N) is 1. The predicted octanol–water partition coefficient (Wildman–Crippen LogP) is 1.87. The van der Waals surface area contributed by atoms with E-state index in [1.807, 2.05) is 0 Å². The number of carbonyl (C=O) groups is 2. The molecule has 2 rings (SSSR count). The van der Waals surface area contributed by atoms with E-state index in [4.69, 9.17) is 0 Å². The zero-order chi connectivity index (χ0) is 14.7. The molecule has 1 saturated heterocycles. The van der Waals surface area contributed by atoms with Crippen LogP contribution in [0.1, 0.15) is 35.7 Å². The molecule has 1 atom stereocenters. The fourth-order valence-electron chi connectivity index (χ4n) is 2.55. The highest BCUT2D eigenvalue weighted by Gasteiger charge is 2.26. The van der Waals surface area contributed by atoms with Gasteiger partial charge in [-0.05, 0) is 31.4 Å². The van der Waals surface area contributed by atoms with Crippen LogP contribution in [-0.2, 0) is 4.79 Å². The zero-order valence-electron chi connectivity index (χ0n) is 11.8. The molecule has 0 saturated carbocycles. The Balaban J connectivity index is 2.12. The van der Waals surface area contributed by atoms with Gasteiger partial charge >= 0.3 is 0 Å². The van der Waals surface area contributed by atoms with Gasteiger partial charge < -0.3 is 10.2 Å². The highest BCUT2D eigenvalue weighted by molar-refractivity contribution is 5.94. The Morgan fingerprint density at radius 1 is 1.40 bits per heavy atom. The summed E-state index contributed by atoms with van der Waals surface area (Å²) in [7, 11) is 0. The topological polar surface area (TPSA) is 49.4 Å². The Morgan fingerprint density at radius 3 is 2.85 bits per heavy atom. The summed E-state index contributed by atoms with van der Waals surface area (Å²) in [5.74, 6) is -0.869. The van der Waals surface area contributed by atoms with Gasteiger partial charge in [0.05, 0.1) is 5.56 Å². The van der Waals surface area contributed by atoms with Crippen molar-refractivity contribution in [3.05, 3.63) is 35.1 Å². The lowest BCUT2D eigenvalue weighted by atomic mass is 10.0. The highest BCUT2D eigenvalue weighted by atomic mass is 19.1. The number of halogens is 1. The Bertz CT molecular complexity index is 531. The fraction of sp³-hybridized carbons (Fsp3) is 0.467. The van der Waals surface area contributed by atoms with Gasteiger partial charge in [-0.25, -0.2) is 4.39 Å². The van der Waals surface area contributed by atoms with Crippen molar-refractivity contribution in [1.29, 1.82) is 0 Å². The number of aryl methyl sites for hydroxylation is 1. The van der Waals surface area contributed by atoms with Crippen LogP contribution in [0, 0.1) is 12.7 Å². The summed E-state index contributed by atoms with van der Waals surface area (Å²) in [5, 5.41) is 2.82. The largest absolute Gasteiger partial charge is 0.352 e. The maximum atomic E-state index is 14.0. The average molecular weight is 278 g/mol. The van der Waals surface area contributed by atoms with Gasteiger partial charge in [-0.3, -0.25) is 9.59 Å². The number of likely N-dealkylation sites (tertiary alicyclic amines) is 1. The summed E-state index contributed by atoms with van der Waals surface area (Å²) in [6, 6.07) is 4.79. The summed E-state index contributed by atoms with van der Waals surface area (Å²) in [5.41, 5.74) is 0.569. The molecular weight excluding hydrogens is 259 g/mol. The van der Waals surface area contributed by atoms with Gasteiger partial charge in [0.15, 0.2) is 0 Å². The third-order valence-corrected chi connectivity index (χ3v) is 3.54. The number of rotatable bonds is 2. The quantitative estimate of drug-likeness (QED) is 0.898. The minimum absolute atomic E-state index is 0.0435. The number of carbonyl (C=O) groups excluding carboxylic acids is 2. The number of amides is 2. The van der Waals surface area contributed by atoms with Crippen molar-refractivity contribution in [2.45, 2.75) is 32.7 Å². The fourth-order valence-corrected chi connectivity index (χ4v) is 2.55. The molecule has 1 aliphatic rings. The Labute approximate surface area is 118 Å². The predicted molar refractivity (Wildman–Crippen MR) is 73.9 cm³/mol. The Hall–Kier alpha value is -1.91. The van der Waals surface area contributed by atoms with Gasteiger partial charge in [0.25, 0.3) is 5.91 Å². The van der Waals surface area contributed by atoms with Crippen molar-refractivity contribution in [2.75, 3.05) is 13.1 Å². The number of piperidine rings is 1. The van der Waals surface area contributed by atoms with Crippen molar-refractivity contribution in [3.63, 3.8) is 0 Å². The second-order valence-corrected chi connectivity index (χ2v) is 5.23. The molecule has 1 aromatic rings. The molecule has 5 heteroatoms. The monoisotopic (exact) mass is 278 g/mol. The number of benzene rings is 1. The molecule has 20 heavy (non-hydrogen) atoms. The summed E-state index contributed by atoms with van der Waals surface area (Å²) >= 11 is 0. The molecular formula is C15H19FN2O2. The van der Waals surface area contributed by atoms with Crippen LogP contribution < -0.4 is 5.32 Å². The maximum absolute atomic E-state index is 14.0. The van der Waals surface area contributed by atoms with Crippen LogP contribution in [0.25, 0.3) is 0 Å². The first kappa shape index (κ1) is 14.5. The summed E-state index contributed by atoms with van der Waals surface area (Å²) in [6.07, 6.45) is 1.66. The Kier molecular flexibility index (Phi) is 4.37. The third-order valence-electron chi connectivity index (χ3n) is 3.54. The molecule has 2 amide bonds. The van der Waals surface area contributed by atoms with Crippen molar-refractivity contribution >= 4 is 11.8 Å². The van der Waals surface area contributed by atoms with Gasteiger partial charge in [0, 0.05) is 26.1 Å². The molecule has 1 unspecified atom stereocenters. The minimum atomic E-state index is -0.459. The number of hydrogen-bond acceptors (Lipinski definition) is 2. The van der Waals surface area contributed by atoms with E-state index in [2.05, 4.69) is 5.32 Å². The molecule has 0 radical (unpaired) electrons. The lowest BCUT2D eigenvalue weighted by molar-refractivity contribution is -0.120. The molecule has 1 aliphatic heterocycles. The molecule has 1 fully saturated rings. The summed E-state index contributed by atoms with van der Waals surface area (Å²) in [6.45, 7) is 4.14. The Morgan fingerprint density at radius 2 is 2.15 bits per heavy atom. The van der Waals surface area contributed by atoms with E-state index in [9.17, 15) is 14.0 Å². The van der Waals surface area contributed by atoms with E-state index in [-0.39, 0.29) is 23.4 Å². The molecule has 108 valence electrons. The highest BCUT2D eigenvalue weighted by Crippen LogP contribution is 2.18. The molecule has 1 heterocycles.